The van der Waals surface area contributed by atoms with Gasteiger partial charge in [-0.05, 0) is 24.6 Å². The van der Waals surface area contributed by atoms with Crippen LogP contribution in [0.5, 0.6) is 5.75 Å². The summed E-state index contributed by atoms with van der Waals surface area (Å²) in [5.74, 6) is 3.02. The topological polar surface area (TPSA) is 69.0 Å². The van der Waals surface area contributed by atoms with E-state index in [4.69, 9.17) is 4.74 Å². The van der Waals surface area contributed by atoms with E-state index in [9.17, 15) is 4.79 Å². The average Bonchev–Trinajstić information content (AvgIpc) is 3.15. The minimum Gasteiger partial charge on any atom is -0.497 e. The van der Waals surface area contributed by atoms with Crippen LogP contribution in [-0.4, -0.2) is 33.5 Å². The van der Waals surface area contributed by atoms with Crippen molar-refractivity contribution in [2.75, 3.05) is 12.9 Å². The van der Waals surface area contributed by atoms with Crippen LogP contribution in [0.2, 0.25) is 0 Å². The fraction of sp³-hybridized carbons (Fsp3) is 0.400. The summed E-state index contributed by atoms with van der Waals surface area (Å²) < 4.78 is 7.26. The van der Waals surface area contributed by atoms with Gasteiger partial charge in [-0.1, -0.05) is 6.07 Å². The molecule has 116 valence electrons. The molecule has 1 aromatic carbocycles. The number of thioether (sulfide) groups is 1. The van der Waals surface area contributed by atoms with Crippen LogP contribution in [0.25, 0.3) is 0 Å². The van der Waals surface area contributed by atoms with E-state index in [1.54, 1.807) is 7.11 Å². The molecule has 2 aromatic rings. The van der Waals surface area contributed by atoms with Crippen molar-refractivity contribution in [2.45, 2.75) is 30.8 Å². The summed E-state index contributed by atoms with van der Waals surface area (Å²) in [6.07, 6.45) is 2.09. The van der Waals surface area contributed by atoms with Crippen molar-refractivity contribution in [3.05, 3.63) is 35.9 Å². The first-order valence-electron chi connectivity index (χ1n) is 7.21. The molecule has 0 saturated heterocycles. The second-order valence-corrected chi connectivity index (χ2v) is 6.08. The molecule has 7 heteroatoms. The van der Waals surface area contributed by atoms with Crippen molar-refractivity contribution in [2.24, 2.45) is 0 Å². The molecule has 0 fully saturated rings. The van der Waals surface area contributed by atoms with E-state index in [-0.39, 0.29) is 5.91 Å². The zero-order chi connectivity index (χ0) is 15.4. The number of ether oxygens (including phenoxy) is 1. The monoisotopic (exact) mass is 318 g/mol. The number of methoxy groups -OCH3 is 1. The van der Waals surface area contributed by atoms with Crippen molar-refractivity contribution in [1.29, 1.82) is 0 Å². The molecule has 0 unspecified atom stereocenters. The number of nitrogens with zero attached hydrogens (tertiary/aromatic N) is 3. The molecule has 1 aliphatic heterocycles. The highest BCUT2D eigenvalue weighted by molar-refractivity contribution is 8.00. The third-order valence-electron chi connectivity index (χ3n) is 3.54. The third-order valence-corrected chi connectivity index (χ3v) is 4.53. The Bertz CT molecular complexity index is 671. The van der Waals surface area contributed by atoms with Gasteiger partial charge >= 0.3 is 0 Å². The quantitative estimate of drug-likeness (QED) is 0.820. The molecular weight excluding hydrogens is 300 g/mol. The molecule has 1 aliphatic rings. The van der Waals surface area contributed by atoms with Gasteiger partial charge in [0.05, 0.1) is 19.4 Å². The fourth-order valence-corrected chi connectivity index (χ4v) is 3.18. The smallest absolute Gasteiger partial charge is 0.230 e. The van der Waals surface area contributed by atoms with Crippen LogP contribution in [0.4, 0.5) is 0 Å². The van der Waals surface area contributed by atoms with E-state index in [0.29, 0.717) is 12.3 Å². The number of rotatable bonds is 6. The Labute approximate surface area is 133 Å². The molecule has 1 N–H and O–H groups in total. The average molecular weight is 318 g/mol. The number of hydrogen-bond donors (Lipinski definition) is 1. The Balaban J connectivity index is 1.48. The summed E-state index contributed by atoms with van der Waals surface area (Å²) >= 11 is 1.49. The molecule has 0 atom stereocenters. The number of nitrogens with one attached hydrogen (secondary N) is 1. The molecule has 22 heavy (non-hydrogen) atoms. The minimum atomic E-state index is -0.0110. The lowest BCUT2D eigenvalue weighted by atomic mass is 10.3. The highest BCUT2D eigenvalue weighted by atomic mass is 32.2. The van der Waals surface area contributed by atoms with Crippen molar-refractivity contribution < 1.29 is 9.53 Å². The zero-order valence-electron chi connectivity index (χ0n) is 12.4. The number of amides is 1. The molecule has 0 spiro atoms. The number of aryl methyl sites for hydroxylation is 1. The standard InChI is InChI=1S/C15H18N4O2S/c1-21-11-4-2-5-12(8-11)22-10-15(20)16-9-14-18-17-13-6-3-7-19(13)14/h2,4-5,8H,3,6-7,9-10H2,1H3,(H,16,20). The second-order valence-electron chi connectivity index (χ2n) is 5.03. The Hall–Kier alpha value is -2.02. The summed E-state index contributed by atoms with van der Waals surface area (Å²) in [5.41, 5.74) is 0. The van der Waals surface area contributed by atoms with E-state index < -0.39 is 0 Å². The van der Waals surface area contributed by atoms with Gasteiger partial charge in [0.25, 0.3) is 0 Å². The molecule has 0 radical (unpaired) electrons. The van der Waals surface area contributed by atoms with Gasteiger partial charge in [0.1, 0.15) is 11.6 Å². The lowest BCUT2D eigenvalue weighted by Gasteiger charge is -2.06. The number of hydrogen-bond acceptors (Lipinski definition) is 5. The van der Waals surface area contributed by atoms with Crippen molar-refractivity contribution >= 4 is 17.7 Å². The van der Waals surface area contributed by atoms with Crippen LogP contribution in [0.15, 0.2) is 29.2 Å². The van der Waals surface area contributed by atoms with Crippen LogP contribution < -0.4 is 10.1 Å². The maximum Gasteiger partial charge on any atom is 0.230 e. The Morgan fingerprint density at radius 3 is 3.23 bits per heavy atom. The van der Waals surface area contributed by atoms with Gasteiger partial charge in [-0.25, -0.2) is 0 Å². The van der Waals surface area contributed by atoms with Gasteiger partial charge in [-0.3, -0.25) is 4.79 Å². The lowest BCUT2D eigenvalue weighted by Crippen LogP contribution is -2.26. The summed E-state index contributed by atoms with van der Waals surface area (Å²) in [7, 11) is 1.63. The van der Waals surface area contributed by atoms with Gasteiger partial charge in [-0.15, -0.1) is 22.0 Å². The van der Waals surface area contributed by atoms with E-state index in [1.807, 2.05) is 24.3 Å². The Morgan fingerprint density at radius 1 is 1.45 bits per heavy atom. The number of carbonyl (C=O) groups is 1. The van der Waals surface area contributed by atoms with Gasteiger partial charge < -0.3 is 14.6 Å². The Morgan fingerprint density at radius 2 is 2.36 bits per heavy atom. The lowest BCUT2D eigenvalue weighted by molar-refractivity contribution is -0.118. The first kappa shape index (κ1) is 14.9. The van der Waals surface area contributed by atoms with Crippen LogP contribution in [-0.2, 0) is 24.3 Å². The Kier molecular flexibility index (Phi) is 4.62. The van der Waals surface area contributed by atoms with Crippen LogP contribution in [0.1, 0.15) is 18.1 Å². The number of aromatic nitrogens is 3. The molecular formula is C15H18N4O2S. The highest BCUT2D eigenvalue weighted by Gasteiger charge is 2.17. The summed E-state index contributed by atoms with van der Waals surface area (Å²) in [6.45, 7) is 1.39. The van der Waals surface area contributed by atoms with Gasteiger partial charge in [0.15, 0.2) is 5.82 Å². The molecule has 1 amide bonds. The van der Waals surface area contributed by atoms with E-state index in [0.717, 1.165) is 41.7 Å². The van der Waals surface area contributed by atoms with E-state index in [1.165, 1.54) is 11.8 Å². The van der Waals surface area contributed by atoms with Gasteiger partial charge in [-0.2, -0.15) is 0 Å². The van der Waals surface area contributed by atoms with Gasteiger partial charge in [0, 0.05) is 17.9 Å². The minimum absolute atomic E-state index is 0.0110. The maximum absolute atomic E-state index is 11.9. The van der Waals surface area contributed by atoms with Crippen LogP contribution in [0.3, 0.4) is 0 Å². The number of carbonyl (C=O) groups excluding carboxylic acids is 1. The van der Waals surface area contributed by atoms with Crippen molar-refractivity contribution in [3.63, 3.8) is 0 Å². The number of fused-ring (bicyclic) bond motifs is 1. The molecule has 0 saturated carbocycles. The molecule has 6 nitrogen and oxygen atoms in total. The third kappa shape index (κ3) is 3.41. The number of benzene rings is 1. The largest absolute Gasteiger partial charge is 0.497 e. The van der Waals surface area contributed by atoms with Crippen LogP contribution in [0, 0.1) is 0 Å². The first-order chi connectivity index (χ1) is 10.8. The van der Waals surface area contributed by atoms with E-state index in [2.05, 4.69) is 20.1 Å². The molecule has 3 rings (SSSR count). The summed E-state index contributed by atoms with van der Waals surface area (Å²) in [6, 6.07) is 7.68. The fourth-order valence-electron chi connectivity index (χ4n) is 2.41. The molecule has 1 aromatic heterocycles. The second kappa shape index (κ2) is 6.83. The van der Waals surface area contributed by atoms with Gasteiger partial charge in [0.2, 0.25) is 5.91 Å². The predicted molar refractivity (Wildman–Crippen MR) is 83.9 cm³/mol. The zero-order valence-corrected chi connectivity index (χ0v) is 13.2. The van der Waals surface area contributed by atoms with E-state index >= 15 is 0 Å². The summed E-state index contributed by atoms with van der Waals surface area (Å²) in [4.78, 5) is 13.0. The maximum atomic E-state index is 11.9. The normalized spacial score (nSPS) is 13.0. The summed E-state index contributed by atoms with van der Waals surface area (Å²) in [5, 5.41) is 11.2. The molecule has 0 aliphatic carbocycles. The first-order valence-corrected chi connectivity index (χ1v) is 8.19. The molecule has 0 bridgehead atoms. The predicted octanol–water partition coefficient (Wildman–Crippen LogP) is 1.64. The van der Waals surface area contributed by atoms with Crippen LogP contribution >= 0.6 is 11.8 Å². The molecule has 2 heterocycles. The van der Waals surface area contributed by atoms with Crippen molar-refractivity contribution in [1.82, 2.24) is 20.1 Å². The van der Waals surface area contributed by atoms with Crippen molar-refractivity contribution in [3.8, 4) is 5.75 Å². The SMILES string of the molecule is COc1cccc(SCC(=O)NCc2nnc3n2CCC3)c1. The highest BCUT2D eigenvalue weighted by Crippen LogP contribution is 2.22.